The van der Waals surface area contributed by atoms with E-state index < -0.39 is 10.0 Å². The van der Waals surface area contributed by atoms with E-state index in [0.29, 0.717) is 12.2 Å². The lowest BCUT2D eigenvalue weighted by atomic mass is 10.1. The standard InChI is InChI=1S/C19H20N4O3S/c1-22(2)27(25,26)18-9-4-7-16(13-18)19(24)21-17-8-3-6-15(12-17)14-23-11-5-10-20-23/h3-13H,14H2,1-2H3,(H,21,24). The minimum atomic E-state index is -3.60. The zero-order valence-corrected chi connectivity index (χ0v) is 15.8. The lowest BCUT2D eigenvalue weighted by molar-refractivity contribution is 0.102. The maximum atomic E-state index is 12.6. The number of nitrogens with zero attached hydrogens (tertiary/aromatic N) is 3. The summed E-state index contributed by atoms with van der Waals surface area (Å²) in [5.41, 5.74) is 1.89. The van der Waals surface area contributed by atoms with Crippen LogP contribution < -0.4 is 5.32 Å². The smallest absolute Gasteiger partial charge is 0.255 e. The van der Waals surface area contributed by atoms with E-state index >= 15 is 0 Å². The van der Waals surface area contributed by atoms with Crippen LogP contribution in [0.2, 0.25) is 0 Å². The van der Waals surface area contributed by atoms with Gasteiger partial charge in [0.1, 0.15) is 0 Å². The molecule has 1 N–H and O–H groups in total. The quantitative estimate of drug-likeness (QED) is 0.707. The number of amides is 1. The SMILES string of the molecule is CN(C)S(=O)(=O)c1cccc(C(=O)Nc2cccc(Cn3cccn3)c2)c1. The van der Waals surface area contributed by atoms with Crippen molar-refractivity contribution in [1.82, 2.24) is 14.1 Å². The summed E-state index contributed by atoms with van der Waals surface area (Å²) in [6, 6.07) is 15.3. The molecule has 3 aromatic rings. The molecule has 1 aromatic heterocycles. The van der Waals surface area contributed by atoms with Crippen molar-refractivity contribution in [3.8, 4) is 0 Å². The first-order valence-electron chi connectivity index (χ1n) is 8.26. The van der Waals surface area contributed by atoms with E-state index in [1.54, 1.807) is 29.1 Å². The van der Waals surface area contributed by atoms with Gasteiger partial charge in [-0.2, -0.15) is 5.10 Å². The minimum absolute atomic E-state index is 0.0765. The Hall–Kier alpha value is -2.97. The van der Waals surface area contributed by atoms with E-state index in [-0.39, 0.29) is 16.4 Å². The molecule has 0 saturated carbocycles. The lowest BCUT2D eigenvalue weighted by Gasteiger charge is -2.12. The predicted molar refractivity (Wildman–Crippen MR) is 103 cm³/mol. The molecule has 0 aliphatic heterocycles. The summed E-state index contributed by atoms with van der Waals surface area (Å²) in [4.78, 5) is 12.6. The third-order valence-corrected chi connectivity index (χ3v) is 5.77. The highest BCUT2D eigenvalue weighted by atomic mass is 32.2. The van der Waals surface area contributed by atoms with Crippen LogP contribution in [0.1, 0.15) is 15.9 Å². The first-order chi connectivity index (χ1) is 12.9. The van der Waals surface area contributed by atoms with Crippen molar-refractivity contribution in [2.75, 3.05) is 19.4 Å². The van der Waals surface area contributed by atoms with E-state index in [1.165, 1.54) is 26.2 Å². The number of aromatic nitrogens is 2. The van der Waals surface area contributed by atoms with Gasteiger partial charge in [-0.25, -0.2) is 12.7 Å². The molecule has 1 heterocycles. The minimum Gasteiger partial charge on any atom is -0.322 e. The summed E-state index contributed by atoms with van der Waals surface area (Å²) in [5.74, 6) is -0.373. The highest BCUT2D eigenvalue weighted by molar-refractivity contribution is 7.89. The maximum absolute atomic E-state index is 12.6. The van der Waals surface area contributed by atoms with Gasteiger partial charge in [-0.15, -0.1) is 0 Å². The van der Waals surface area contributed by atoms with Crippen molar-refractivity contribution in [3.05, 3.63) is 78.1 Å². The van der Waals surface area contributed by atoms with E-state index in [4.69, 9.17) is 0 Å². The highest BCUT2D eigenvalue weighted by Crippen LogP contribution is 2.17. The number of carbonyl (C=O) groups excluding carboxylic acids is 1. The fourth-order valence-corrected chi connectivity index (χ4v) is 3.49. The largest absolute Gasteiger partial charge is 0.322 e. The Morgan fingerprint density at radius 2 is 1.89 bits per heavy atom. The second-order valence-electron chi connectivity index (χ2n) is 6.17. The van der Waals surface area contributed by atoms with Crippen molar-refractivity contribution >= 4 is 21.6 Å². The number of rotatable bonds is 6. The summed E-state index contributed by atoms with van der Waals surface area (Å²) in [6.45, 7) is 0.591. The second kappa shape index (κ2) is 7.73. The number of hydrogen-bond acceptors (Lipinski definition) is 4. The molecule has 8 heteroatoms. The molecule has 2 aromatic carbocycles. The fourth-order valence-electron chi connectivity index (χ4n) is 2.54. The Labute approximate surface area is 158 Å². The Morgan fingerprint density at radius 1 is 1.11 bits per heavy atom. The topological polar surface area (TPSA) is 84.3 Å². The molecule has 0 aliphatic carbocycles. The predicted octanol–water partition coefficient (Wildman–Crippen LogP) is 2.43. The molecule has 0 unspecified atom stereocenters. The number of hydrogen-bond donors (Lipinski definition) is 1. The van der Waals surface area contributed by atoms with Gasteiger partial charge in [-0.3, -0.25) is 9.48 Å². The zero-order valence-electron chi connectivity index (χ0n) is 15.0. The van der Waals surface area contributed by atoms with Crippen LogP contribution in [0.3, 0.4) is 0 Å². The van der Waals surface area contributed by atoms with Gasteiger partial charge in [0, 0.05) is 37.7 Å². The van der Waals surface area contributed by atoms with Gasteiger partial charge in [-0.1, -0.05) is 18.2 Å². The van der Waals surface area contributed by atoms with Gasteiger partial charge in [0.05, 0.1) is 11.4 Å². The van der Waals surface area contributed by atoms with Crippen molar-refractivity contribution in [3.63, 3.8) is 0 Å². The van der Waals surface area contributed by atoms with Crippen LogP contribution in [-0.4, -0.2) is 42.5 Å². The van der Waals surface area contributed by atoms with E-state index in [1.807, 2.05) is 30.5 Å². The Bertz CT molecular complexity index is 1040. The third-order valence-electron chi connectivity index (χ3n) is 3.96. The molecule has 27 heavy (non-hydrogen) atoms. The van der Waals surface area contributed by atoms with Crippen LogP contribution in [0.15, 0.2) is 71.9 Å². The van der Waals surface area contributed by atoms with Crippen molar-refractivity contribution in [1.29, 1.82) is 0 Å². The zero-order chi connectivity index (χ0) is 19.4. The first-order valence-corrected chi connectivity index (χ1v) is 9.70. The normalized spacial score (nSPS) is 11.5. The molecule has 0 fully saturated rings. The molecule has 0 bridgehead atoms. The first kappa shape index (κ1) is 18.8. The van der Waals surface area contributed by atoms with Gasteiger partial charge in [-0.05, 0) is 42.0 Å². The average Bonchev–Trinajstić information content (AvgIpc) is 3.15. The van der Waals surface area contributed by atoms with Gasteiger partial charge < -0.3 is 5.32 Å². The molecule has 3 rings (SSSR count). The number of anilines is 1. The number of sulfonamides is 1. The second-order valence-corrected chi connectivity index (χ2v) is 8.33. The van der Waals surface area contributed by atoms with Crippen LogP contribution in [0, 0.1) is 0 Å². The summed E-state index contributed by atoms with van der Waals surface area (Å²) in [5, 5.41) is 6.97. The van der Waals surface area contributed by atoms with Gasteiger partial charge in [0.25, 0.3) is 5.91 Å². The molecule has 0 aliphatic rings. The monoisotopic (exact) mass is 384 g/mol. The summed E-state index contributed by atoms with van der Waals surface area (Å²) in [6.07, 6.45) is 3.57. The highest BCUT2D eigenvalue weighted by Gasteiger charge is 2.18. The molecular formula is C19H20N4O3S. The van der Waals surface area contributed by atoms with Crippen LogP contribution in [0.5, 0.6) is 0 Å². The van der Waals surface area contributed by atoms with E-state index in [0.717, 1.165) is 9.87 Å². The van der Waals surface area contributed by atoms with Crippen molar-refractivity contribution in [2.45, 2.75) is 11.4 Å². The third kappa shape index (κ3) is 4.42. The molecule has 0 saturated heterocycles. The molecule has 7 nitrogen and oxygen atoms in total. The molecule has 0 atom stereocenters. The summed E-state index contributed by atoms with van der Waals surface area (Å²) >= 11 is 0. The number of benzene rings is 2. The molecule has 140 valence electrons. The molecule has 1 amide bonds. The van der Waals surface area contributed by atoms with E-state index in [2.05, 4.69) is 10.4 Å². The van der Waals surface area contributed by atoms with Crippen molar-refractivity contribution in [2.24, 2.45) is 0 Å². The van der Waals surface area contributed by atoms with Gasteiger partial charge >= 0.3 is 0 Å². The summed E-state index contributed by atoms with van der Waals surface area (Å²) < 4.78 is 27.4. The lowest BCUT2D eigenvalue weighted by Crippen LogP contribution is -2.22. The van der Waals surface area contributed by atoms with Crippen LogP contribution in [0.4, 0.5) is 5.69 Å². The van der Waals surface area contributed by atoms with Crippen LogP contribution in [-0.2, 0) is 16.6 Å². The number of carbonyl (C=O) groups is 1. The maximum Gasteiger partial charge on any atom is 0.255 e. The average molecular weight is 384 g/mol. The van der Waals surface area contributed by atoms with Gasteiger partial charge in [0.2, 0.25) is 10.0 Å². The Kier molecular flexibility index (Phi) is 5.38. The van der Waals surface area contributed by atoms with Crippen LogP contribution in [0.25, 0.3) is 0 Å². The summed E-state index contributed by atoms with van der Waals surface area (Å²) in [7, 11) is -0.695. The van der Waals surface area contributed by atoms with E-state index in [9.17, 15) is 13.2 Å². The van der Waals surface area contributed by atoms with Gasteiger partial charge in [0.15, 0.2) is 0 Å². The molecular weight excluding hydrogens is 364 g/mol. The van der Waals surface area contributed by atoms with Crippen molar-refractivity contribution < 1.29 is 13.2 Å². The number of nitrogens with one attached hydrogen (secondary N) is 1. The Balaban J connectivity index is 1.78. The van der Waals surface area contributed by atoms with Crippen LogP contribution >= 0.6 is 0 Å². The Morgan fingerprint density at radius 3 is 2.59 bits per heavy atom. The molecule has 0 spiro atoms. The fraction of sp³-hybridized carbons (Fsp3) is 0.158. The molecule has 0 radical (unpaired) electrons.